The van der Waals surface area contributed by atoms with Crippen molar-refractivity contribution in [2.24, 2.45) is 0 Å². The van der Waals surface area contributed by atoms with Gasteiger partial charge in [0, 0.05) is 11.4 Å². The normalized spacial score (nSPS) is 9.95. The third-order valence-electron chi connectivity index (χ3n) is 2.87. The van der Waals surface area contributed by atoms with E-state index in [-0.39, 0.29) is 0 Å². The first kappa shape index (κ1) is 12.9. The number of hydrogen-bond acceptors (Lipinski definition) is 3. The van der Waals surface area contributed by atoms with Crippen LogP contribution in [0.1, 0.15) is 28.7 Å². The lowest BCUT2D eigenvalue weighted by molar-refractivity contribution is 0.0517. The number of ether oxygens (including phenoxy) is 1. The first-order valence-electron chi connectivity index (χ1n) is 6.04. The molecule has 0 amide bonds. The van der Waals surface area contributed by atoms with E-state index in [1.165, 1.54) is 0 Å². The second-order valence-corrected chi connectivity index (χ2v) is 4.03. The number of benzene rings is 1. The van der Waals surface area contributed by atoms with E-state index in [1.807, 2.05) is 37.3 Å². The Morgan fingerprint density at radius 3 is 2.63 bits per heavy atom. The number of rotatable bonds is 3. The maximum absolute atomic E-state index is 12.0. The van der Waals surface area contributed by atoms with Crippen molar-refractivity contribution < 1.29 is 9.53 Å². The number of carbonyl (C=O) groups is 1. The van der Waals surface area contributed by atoms with Gasteiger partial charge in [0.25, 0.3) is 0 Å². The Labute approximate surface area is 111 Å². The van der Waals surface area contributed by atoms with Gasteiger partial charge >= 0.3 is 5.97 Å². The molecule has 1 aromatic heterocycles. The average molecular weight is 254 g/mol. The fourth-order valence-corrected chi connectivity index (χ4v) is 1.99. The second-order valence-electron chi connectivity index (χ2n) is 4.03. The smallest absolute Gasteiger partial charge is 0.355 e. The Hall–Kier alpha value is -2.54. The van der Waals surface area contributed by atoms with Crippen LogP contribution in [0.4, 0.5) is 0 Å². The summed E-state index contributed by atoms with van der Waals surface area (Å²) in [7, 11) is 0. The zero-order chi connectivity index (χ0) is 13.8. The van der Waals surface area contributed by atoms with Gasteiger partial charge in [-0.25, -0.2) is 4.79 Å². The molecule has 1 aromatic carbocycles. The van der Waals surface area contributed by atoms with E-state index in [0.717, 1.165) is 11.4 Å². The Kier molecular flexibility index (Phi) is 3.67. The maximum Gasteiger partial charge on any atom is 0.355 e. The van der Waals surface area contributed by atoms with E-state index in [1.54, 1.807) is 17.6 Å². The first-order chi connectivity index (χ1) is 9.19. The topological polar surface area (TPSA) is 55.0 Å². The first-order valence-corrected chi connectivity index (χ1v) is 6.04. The molecule has 0 aliphatic heterocycles. The van der Waals surface area contributed by atoms with Gasteiger partial charge in [0.05, 0.1) is 12.2 Å². The Bertz CT molecular complexity index is 636. The van der Waals surface area contributed by atoms with Gasteiger partial charge in [-0.05, 0) is 32.0 Å². The van der Waals surface area contributed by atoms with Gasteiger partial charge < -0.3 is 9.30 Å². The van der Waals surface area contributed by atoms with Crippen LogP contribution in [0, 0.1) is 18.3 Å². The molecule has 1 heterocycles. The highest BCUT2D eigenvalue weighted by molar-refractivity contribution is 5.89. The summed E-state index contributed by atoms with van der Waals surface area (Å²) in [6.07, 6.45) is 0. The molecule has 4 heteroatoms. The minimum atomic E-state index is -0.420. The number of nitrogens with zero attached hydrogens (tertiary/aromatic N) is 2. The van der Waals surface area contributed by atoms with E-state index in [2.05, 4.69) is 6.07 Å². The molecule has 0 unspecified atom stereocenters. The van der Waals surface area contributed by atoms with Gasteiger partial charge in [0.15, 0.2) is 0 Å². The zero-order valence-corrected chi connectivity index (χ0v) is 10.9. The van der Waals surface area contributed by atoms with Crippen LogP contribution in [0.3, 0.4) is 0 Å². The third kappa shape index (κ3) is 2.36. The van der Waals surface area contributed by atoms with Gasteiger partial charge in [-0.3, -0.25) is 0 Å². The van der Waals surface area contributed by atoms with Gasteiger partial charge in [0.1, 0.15) is 11.8 Å². The predicted octanol–water partition coefficient (Wildman–Crippen LogP) is 2.83. The summed E-state index contributed by atoms with van der Waals surface area (Å²) < 4.78 is 6.78. The summed E-state index contributed by atoms with van der Waals surface area (Å²) in [4.78, 5) is 12.0. The molecule has 0 N–H and O–H groups in total. The van der Waals surface area contributed by atoms with Crippen LogP contribution in [-0.2, 0) is 4.74 Å². The lowest BCUT2D eigenvalue weighted by Gasteiger charge is -2.10. The van der Waals surface area contributed by atoms with Gasteiger partial charge in [-0.2, -0.15) is 5.26 Å². The second kappa shape index (κ2) is 5.40. The molecular formula is C15H14N2O2. The average Bonchev–Trinajstić information content (AvgIpc) is 2.77. The highest BCUT2D eigenvalue weighted by atomic mass is 16.5. The van der Waals surface area contributed by atoms with Crippen LogP contribution >= 0.6 is 0 Å². The van der Waals surface area contributed by atoms with Crippen LogP contribution in [0.5, 0.6) is 0 Å². The van der Waals surface area contributed by atoms with Crippen LogP contribution in [0.2, 0.25) is 0 Å². The Morgan fingerprint density at radius 1 is 1.37 bits per heavy atom. The van der Waals surface area contributed by atoms with E-state index >= 15 is 0 Å². The van der Waals surface area contributed by atoms with Crippen LogP contribution in [0.15, 0.2) is 36.4 Å². The van der Waals surface area contributed by atoms with Crippen molar-refractivity contribution in [2.45, 2.75) is 13.8 Å². The summed E-state index contributed by atoms with van der Waals surface area (Å²) in [5.74, 6) is -0.420. The number of para-hydroxylation sites is 1. The summed E-state index contributed by atoms with van der Waals surface area (Å²) in [5, 5.41) is 9.10. The Morgan fingerprint density at radius 2 is 2.05 bits per heavy atom. The van der Waals surface area contributed by atoms with E-state index in [4.69, 9.17) is 10.00 Å². The van der Waals surface area contributed by atoms with E-state index in [9.17, 15) is 4.79 Å². The molecular weight excluding hydrogens is 240 g/mol. The fourth-order valence-electron chi connectivity index (χ4n) is 1.99. The van der Waals surface area contributed by atoms with Gasteiger partial charge in [-0.1, -0.05) is 18.2 Å². The number of nitriles is 1. The van der Waals surface area contributed by atoms with Crippen molar-refractivity contribution in [1.82, 2.24) is 4.57 Å². The Balaban J connectivity index is 2.61. The van der Waals surface area contributed by atoms with Crippen LogP contribution in [-0.4, -0.2) is 17.1 Å². The molecule has 19 heavy (non-hydrogen) atoms. The molecule has 96 valence electrons. The standard InChI is InChI=1S/C15H14N2O2/c1-3-19-15(18)14-9-12(10-16)11(2)17(14)13-7-5-4-6-8-13/h4-9H,3H2,1-2H3. The largest absolute Gasteiger partial charge is 0.461 e. The fraction of sp³-hybridized carbons (Fsp3) is 0.200. The molecule has 0 aliphatic carbocycles. The quantitative estimate of drug-likeness (QED) is 0.791. The molecule has 0 bridgehead atoms. The lowest BCUT2D eigenvalue weighted by Crippen LogP contribution is -2.11. The van der Waals surface area contributed by atoms with Crippen molar-refractivity contribution in [3.8, 4) is 11.8 Å². The molecule has 0 aliphatic rings. The van der Waals surface area contributed by atoms with Crippen LogP contribution in [0.25, 0.3) is 5.69 Å². The van der Waals surface area contributed by atoms with Crippen molar-refractivity contribution >= 4 is 5.97 Å². The highest BCUT2D eigenvalue weighted by Gasteiger charge is 2.19. The third-order valence-corrected chi connectivity index (χ3v) is 2.87. The van der Waals surface area contributed by atoms with Gasteiger partial charge in [-0.15, -0.1) is 0 Å². The summed E-state index contributed by atoms with van der Waals surface area (Å²) >= 11 is 0. The lowest BCUT2D eigenvalue weighted by atomic mass is 10.2. The molecule has 0 saturated heterocycles. The molecule has 0 fully saturated rings. The van der Waals surface area contributed by atoms with Crippen molar-refractivity contribution in [1.29, 1.82) is 5.26 Å². The number of hydrogen-bond donors (Lipinski definition) is 0. The molecule has 0 atom stereocenters. The summed E-state index contributed by atoms with van der Waals surface area (Å²) in [6.45, 7) is 3.87. The SMILES string of the molecule is CCOC(=O)c1cc(C#N)c(C)n1-c1ccccc1. The van der Waals surface area contributed by atoms with Crippen molar-refractivity contribution in [2.75, 3.05) is 6.61 Å². The van der Waals surface area contributed by atoms with Gasteiger partial charge in [0.2, 0.25) is 0 Å². The zero-order valence-electron chi connectivity index (χ0n) is 10.9. The molecule has 0 spiro atoms. The number of esters is 1. The summed E-state index contributed by atoms with van der Waals surface area (Å²) in [6, 6.07) is 13.1. The highest BCUT2D eigenvalue weighted by Crippen LogP contribution is 2.21. The predicted molar refractivity (Wildman–Crippen MR) is 71.2 cm³/mol. The minimum Gasteiger partial charge on any atom is -0.461 e. The molecule has 0 radical (unpaired) electrons. The molecule has 0 saturated carbocycles. The van der Waals surface area contributed by atoms with Crippen molar-refractivity contribution in [3.63, 3.8) is 0 Å². The maximum atomic E-state index is 12.0. The summed E-state index contributed by atoms with van der Waals surface area (Å²) in [5.41, 5.74) is 2.43. The van der Waals surface area contributed by atoms with Crippen molar-refractivity contribution in [3.05, 3.63) is 53.3 Å². The number of aromatic nitrogens is 1. The minimum absolute atomic E-state index is 0.305. The van der Waals surface area contributed by atoms with E-state index < -0.39 is 5.97 Å². The molecule has 2 aromatic rings. The van der Waals surface area contributed by atoms with E-state index in [0.29, 0.717) is 17.9 Å². The molecule has 2 rings (SSSR count). The number of carbonyl (C=O) groups excluding carboxylic acids is 1. The molecule has 4 nitrogen and oxygen atoms in total. The van der Waals surface area contributed by atoms with Crippen LogP contribution < -0.4 is 0 Å². The monoisotopic (exact) mass is 254 g/mol.